The molecule has 1 aliphatic carbocycles. The Kier molecular flexibility index (Phi) is 2.70. The summed E-state index contributed by atoms with van der Waals surface area (Å²) >= 11 is 0. The summed E-state index contributed by atoms with van der Waals surface area (Å²) in [6, 6.07) is 1.33. The van der Waals surface area contributed by atoms with Gasteiger partial charge in [-0.05, 0) is 25.3 Å². The highest BCUT2D eigenvalue weighted by Gasteiger charge is 2.48. The van der Waals surface area contributed by atoms with Crippen LogP contribution in [0.3, 0.4) is 0 Å². The largest absolute Gasteiger partial charge is 0.480 e. The van der Waals surface area contributed by atoms with E-state index >= 15 is 0 Å². The van der Waals surface area contributed by atoms with Gasteiger partial charge in [0, 0.05) is 7.05 Å². The van der Waals surface area contributed by atoms with Crippen LogP contribution in [0, 0.1) is 0 Å². The van der Waals surface area contributed by atoms with Gasteiger partial charge in [0.05, 0.1) is 6.20 Å². The monoisotopic (exact) mass is 259 g/mol. The van der Waals surface area contributed by atoms with E-state index < -0.39 is 21.5 Å². The highest BCUT2D eigenvalue weighted by Crippen LogP contribution is 2.33. The Balaban J connectivity index is 2.30. The molecule has 1 fully saturated rings. The summed E-state index contributed by atoms with van der Waals surface area (Å²) in [5.41, 5.74) is -1.34. The number of hydrogen-bond donors (Lipinski definition) is 2. The molecule has 0 unspecified atom stereocenters. The van der Waals surface area contributed by atoms with E-state index in [9.17, 15) is 13.2 Å². The number of aryl methyl sites for hydroxylation is 1. The van der Waals surface area contributed by atoms with Crippen LogP contribution in [-0.2, 0) is 21.9 Å². The van der Waals surface area contributed by atoms with E-state index in [2.05, 4.69) is 9.82 Å². The van der Waals surface area contributed by atoms with Crippen LogP contribution in [0.1, 0.15) is 19.3 Å². The van der Waals surface area contributed by atoms with Crippen molar-refractivity contribution in [2.24, 2.45) is 7.05 Å². The Morgan fingerprint density at radius 1 is 1.59 bits per heavy atom. The normalized spacial score (nSPS) is 18.6. The highest BCUT2D eigenvalue weighted by atomic mass is 32.2. The first-order chi connectivity index (χ1) is 7.87. The average molecular weight is 259 g/mol. The molecule has 8 heteroatoms. The van der Waals surface area contributed by atoms with Crippen molar-refractivity contribution in [3.05, 3.63) is 12.3 Å². The van der Waals surface area contributed by atoms with Crippen LogP contribution in [0.2, 0.25) is 0 Å². The van der Waals surface area contributed by atoms with Crippen molar-refractivity contribution < 1.29 is 18.3 Å². The molecule has 2 rings (SSSR count). The molecule has 0 saturated heterocycles. The number of carbonyl (C=O) groups is 1. The number of aromatic nitrogens is 2. The summed E-state index contributed by atoms with van der Waals surface area (Å²) in [7, 11) is -2.35. The van der Waals surface area contributed by atoms with Crippen molar-refractivity contribution in [3.8, 4) is 0 Å². The van der Waals surface area contributed by atoms with Gasteiger partial charge in [0.15, 0.2) is 5.03 Å². The third-order valence-electron chi connectivity index (χ3n) is 3.00. The Bertz CT molecular complexity index is 544. The second-order valence-corrected chi connectivity index (χ2v) is 5.77. The van der Waals surface area contributed by atoms with Gasteiger partial charge >= 0.3 is 5.97 Å². The Labute approximate surface area is 98.5 Å². The molecule has 1 aliphatic rings. The summed E-state index contributed by atoms with van der Waals surface area (Å²) in [6.45, 7) is 0. The Morgan fingerprint density at radius 3 is 2.59 bits per heavy atom. The Morgan fingerprint density at radius 2 is 2.24 bits per heavy atom. The fraction of sp³-hybridized carbons (Fsp3) is 0.556. The number of rotatable bonds is 4. The molecule has 0 aliphatic heterocycles. The van der Waals surface area contributed by atoms with Gasteiger partial charge in [-0.2, -0.15) is 9.82 Å². The zero-order valence-electron chi connectivity index (χ0n) is 9.25. The molecule has 0 aromatic carbocycles. The molecule has 1 saturated carbocycles. The third kappa shape index (κ3) is 1.93. The van der Waals surface area contributed by atoms with E-state index in [0.29, 0.717) is 19.3 Å². The molecule has 1 aromatic heterocycles. The van der Waals surface area contributed by atoms with Crippen LogP contribution in [-0.4, -0.2) is 34.8 Å². The maximum atomic E-state index is 12.0. The smallest absolute Gasteiger partial charge is 0.324 e. The lowest BCUT2D eigenvalue weighted by Crippen LogP contribution is -2.59. The molecule has 1 aromatic rings. The summed E-state index contributed by atoms with van der Waals surface area (Å²) in [5.74, 6) is -1.13. The first-order valence-electron chi connectivity index (χ1n) is 5.13. The van der Waals surface area contributed by atoms with Gasteiger partial charge in [0.25, 0.3) is 10.0 Å². The number of carboxylic acids is 1. The minimum atomic E-state index is -3.84. The minimum Gasteiger partial charge on any atom is -0.480 e. The predicted molar refractivity (Wildman–Crippen MR) is 57.7 cm³/mol. The lowest BCUT2D eigenvalue weighted by Gasteiger charge is -2.37. The van der Waals surface area contributed by atoms with E-state index in [1.165, 1.54) is 24.0 Å². The molecule has 0 spiro atoms. The molecule has 0 amide bonds. The lowest BCUT2D eigenvalue weighted by atomic mass is 9.78. The number of nitrogens with zero attached hydrogens (tertiary/aromatic N) is 2. The number of nitrogens with one attached hydrogen (secondary N) is 1. The summed E-state index contributed by atoms with van der Waals surface area (Å²) in [6.07, 6.45) is 2.70. The van der Waals surface area contributed by atoms with Crippen molar-refractivity contribution in [1.82, 2.24) is 14.5 Å². The van der Waals surface area contributed by atoms with Crippen LogP contribution < -0.4 is 4.72 Å². The lowest BCUT2D eigenvalue weighted by molar-refractivity contribution is -0.147. The first-order valence-corrected chi connectivity index (χ1v) is 6.61. The van der Waals surface area contributed by atoms with Crippen LogP contribution in [0.15, 0.2) is 17.3 Å². The number of hydrogen-bond acceptors (Lipinski definition) is 4. The van der Waals surface area contributed by atoms with Gasteiger partial charge in [-0.25, -0.2) is 8.42 Å². The van der Waals surface area contributed by atoms with Gasteiger partial charge < -0.3 is 5.11 Å². The summed E-state index contributed by atoms with van der Waals surface area (Å²) < 4.78 is 27.4. The van der Waals surface area contributed by atoms with E-state index in [1.807, 2.05) is 0 Å². The quantitative estimate of drug-likeness (QED) is 0.773. The topological polar surface area (TPSA) is 101 Å². The van der Waals surface area contributed by atoms with Crippen molar-refractivity contribution in [2.75, 3.05) is 0 Å². The first kappa shape index (κ1) is 12.1. The molecule has 17 heavy (non-hydrogen) atoms. The molecular formula is C9H13N3O4S. The van der Waals surface area contributed by atoms with Gasteiger partial charge in [0.1, 0.15) is 5.54 Å². The number of carboxylic acid groups (broad SMARTS) is 1. The fourth-order valence-corrected chi connectivity index (χ4v) is 3.37. The Hall–Kier alpha value is -1.41. The van der Waals surface area contributed by atoms with E-state index in [0.717, 1.165) is 0 Å². The summed E-state index contributed by atoms with van der Waals surface area (Å²) in [5, 5.41) is 12.8. The molecule has 2 N–H and O–H groups in total. The van der Waals surface area contributed by atoms with Gasteiger partial charge in [-0.3, -0.25) is 9.48 Å². The van der Waals surface area contributed by atoms with E-state index in [-0.39, 0.29) is 5.03 Å². The zero-order valence-corrected chi connectivity index (χ0v) is 10.1. The highest BCUT2D eigenvalue weighted by molar-refractivity contribution is 7.89. The second kappa shape index (κ2) is 3.81. The maximum absolute atomic E-state index is 12.0. The van der Waals surface area contributed by atoms with Crippen molar-refractivity contribution in [2.45, 2.75) is 29.8 Å². The molecule has 0 atom stereocenters. The molecule has 7 nitrogen and oxygen atoms in total. The van der Waals surface area contributed by atoms with Crippen LogP contribution in [0.5, 0.6) is 0 Å². The van der Waals surface area contributed by atoms with Gasteiger partial charge in [0.2, 0.25) is 0 Å². The minimum absolute atomic E-state index is 0.0370. The van der Waals surface area contributed by atoms with Crippen LogP contribution in [0.25, 0.3) is 0 Å². The average Bonchev–Trinajstić information content (AvgIpc) is 2.58. The second-order valence-electron chi connectivity index (χ2n) is 4.14. The molecule has 94 valence electrons. The predicted octanol–water partition coefficient (Wildman–Crippen LogP) is -0.294. The van der Waals surface area contributed by atoms with Crippen molar-refractivity contribution in [1.29, 1.82) is 0 Å². The molecule has 0 radical (unpaired) electrons. The number of sulfonamides is 1. The third-order valence-corrected chi connectivity index (χ3v) is 4.61. The van der Waals surface area contributed by atoms with Crippen molar-refractivity contribution >= 4 is 16.0 Å². The van der Waals surface area contributed by atoms with Crippen molar-refractivity contribution in [3.63, 3.8) is 0 Å². The van der Waals surface area contributed by atoms with Crippen LogP contribution >= 0.6 is 0 Å². The van der Waals surface area contributed by atoms with Gasteiger partial charge in [-0.15, -0.1) is 0 Å². The number of aliphatic carboxylic acids is 1. The zero-order chi connectivity index (χ0) is 12.7. The maximum Gasteiger partial charge on any atom is 0.324 e. The van der Waals surface area contributed by atoms with E-state index in [4.69, 9.17) is 5.11 Å². The molecular weight excluding hydrogens is 246 g/mol. The fourth-order valence-electron chi connectivity index (χ4n) is 1.82. The molecule has 0 bridgehead atoms. The van der Waals surface area contributed by atoms with Gasteiger partial charge in [-0.1, -0.05) is 0 Å². The SMILES string of the molecule is Cn1nccc1S(=O)(=O)NC1(C(=O)O)CCC1. The van der Waals surface area contributed by atoms with E-state index in [1.54, 1.807) is 0 Å². The van der Waals surface area contributed by atoms with Crippen LogP contribution in [0.4, 0.5) is 0 Å². The summed E-state index contributed by atoms with van der Waals surface area (Å²) in [4.78, 5) is 11.1. The molecule has 1 heterocycles. The standard InChI is InChI=1S/C9H13N3O4S/c1-12-7(3-6-10-12)17(15,16)11-9(8(13)14)4-2-5-9/h3,6,11H,2,4-5H2,1H3,(H,13,14).